The van der Waals surface area contributed by atoms with Gasteiger partial charge in [0.05, 0.1) is 34.8 Å². The predicted octanol–water partition coefficient (Wildman–Crippen LogP) is 1.63. The molecule has 152 valence electrons. The first-order valence-electron chi connectivity index (χ1n) is 10.9. The summed E-state index contributed by atoms with van der Waals surface area (Å²) in [5.74, 6) is -0.422. The van der Waals surface area contributed by atoms with Crippen LogP contribution < -0.4 is 0 Å². The zero-order valence-corrected chi connectivity index (χ0v) is 16.9. The Morgan fingerprint density at radius 1 is 0.759 bits per heavy atom. The van der Waals surface area contributed by atoms with E-state index in [1.807, 2.05) is 65.6 Å². The molecule has 2 heterocycles. The summed E-state index contributed by atoms with van der Waals surface area (Å²) in [6.07, 6.45) is 0.835. The van der Waals surface area contributed by atoms with Crippen molar-refractivity contribution in [2.24, 2.45) is 0 Å². The molecule has 2 aromatic rings. The molecule has 0 N–H and O–H groups in total. The maximum atomic E-state index is 13.4. The summed E-state index contributed by atoms with van der Waals surface area (Å²) < 4.78 is 17.6. The van der Waals surface area contributed by atoms with Gasteiger partial charge in [-0.1, -0.05) is 60.7 Å². The van der Waals surface area contributed by atoms with E-state index in [1.54, 1.807) is 11.9 Å². The molecule has 0 saturated carbocycles. The fourth-order valence-electron chi connectivity index (χ4n) is 4.08. The van der Waals surface area contributed by atoms with Crippen LogP contribution in [0.15, 0.2) is 60.7 Å². The molecule has 2 fully saturated rings. The summed E-state index contributed by atoms with van der Waals surface area (Å²) in [5.41, 5.74) is 1.96. The van der Waals surface area contributed by atoms with Crippen LogP contribution in [-0.2, 0) is 22.4 Å². The van der Waals surface area contributed by atoms with Crippen molar-refractivity contribution < 1.29 is 12.3 Å². The Hall–Kier alpha value is -2.70. The van der Waals surface area contributed by atoms with Crippen molar-refractivity contribution in [2.75, 3.05) is 34.1 Å². The Labute approximate surface area is 175 Å². The summed E-state index contributed by atoms with van der Waals surface area (Å²) in [6.45, 7) is -1.64. The van der Waals surface area contributed by atoms with E-state index >= 15 is 0 Å². The Kier molecular flexibility index (Phi) is 4.95. The summed E-state index contributed by atoms with van der Waals surface area (Å²) in [5, 5.41) is 0. The number of carbonyl (C=O) groups excluding carboxylic acids is 2. The second-order valence-corrected chi connectivity index (χ2v) is 7.79. The highest BCUT2D eigenvalue weighted by Crippen LogP contribution is 2.23. The van der Waals surface area contributed by atoms with E-state index in [-0.39, 0.29) is 25.2 Å². The number of fused-ring (bicyclic) bond motifs is 2. The highest BCUT2D eigenvalue weighted by molar-refractivity contribution is 5.84. The van der Waals surface area contributed by atoms with Crippen molar-refractivity contribution in [1.29, 1.82) is 0 Å². The van der Waals surface area contributed by atoms with E-state index in [1.165, 1.54) is 11.9 Å². The van der Waals surface area contributed by atoms with Crippen molar-refractivity contribution in [3.05, 3.63) is 71.8 Å². The third-order valence-electron chi connectivity index (χ3n) is 5.64. The van der Waals surface area contributed by atoms with Gasteiger partial charge in [0.25, 0.3) is 0 Å². The number of hydrogen-bond acceptors (Lipinski definition) is 4. The molecule has 0 radical (unpaired) electrons. The third-order valence-corrected chi connectivity index (χ3v) is 5.64. The molecule has 6 heteroatoms. The quantitative estimate of drug-likeness (QED) is 0.791. The zero-order valence-electron chi connectivity index (χ0n) is 18.9. The monoisotopic (exact) mass is 394 g/mol. The van der Waals surface area contributed by atoms with E-state index < -0.39 is 18.7 Å². The number of likely N-dealkylation sites (N-methyl/N-ethyl adjacent to an activating group) is 2. The van der Waals surface area contributed by atoms with Crippen LogP contribution in [0.2, 0.25) is 0 Å². The van der Waals surface area contributed by atoms with E-state index in [2.05, 4.69) is 0 Å². The molecule has 2 aliphatic rings. The molecule has 2 saturated heterocycles. The van der Waals surface area contributed by atoms with Crippen molar-refractivity contribution in [2.45, 2.75) is 24.9 Å². The first-order valence-corrected chi connectivity index (χ1v) is 9.90. The maximum Gasteiger partial charge on any atom is 0.241 e. The molecule has 2 unspecified atom stereocenters. The number of rotatable bonds is 4. The smallest absolute Gasteiger partial charge is 0.241 e. The lowest BCUT2D eigenvalue weighted by Gasteiger charge is -2.32. The Balaban J connectivity index is 1.72. The number of hydrogen-bond donors (Lipinski definition) is 0. The van der Waals surface area contributed by atoms with Crippen LogP contribution in [-0.4, -0.2) is 77.6 Å². The Morgan fingerprint density at radius 3 is 1.79 bits per heavy atom. The van der Waals surface area contributed by atoms with Gasteiger partial charge in [-0.05, 0) is 24.0 Å². The van der Waals surface area contributed by atoms with Crippen LogP contribution in [0, 0.1) is 0 Å². The van der Waals surface area contributed by atoms with Crippen LogP contribution in [0.4, 0.5) is 0 Å². The molecule has 2 aromatic carbocycles. The van der Waals surface area contributed by atoms with Gasteiger partial charge >= 0.3 is 0 Å². The first-order chi connectivity index (χ1) is 14.8. The highest BCUT2D eigenvalue weighted by atomic mass is 16.2. The van der Waals surface area contributed by atoms with Crippen molar-refractivity contribution in [3.8, 4) is 0 Å². The Morgan fingerprint density at radius 2 is 1.24 bits per heavy atom. The van der Waals surface area contributed by atoms with E-state index in [4.69, 9.17) is 2.74 Å². The minimum Gasteiger partial charge on any atom is -0.331 e. The van der Waals surface area contributed by atoms with Gasteiger partial charge in [0.1, 0.15) is 0 Å². The van der Waals surface area contributed by atoms with Gasteiger partial charge in [0.15, 0.2) is 0 Å². The summed E-state index contributed by atoms with van der Waals surface area (Å²) in [4.78, 5) is 32.9. The van der Waals surface area contributed by atoms with Gasteiger partial charge in [0, 0.05) is 14.1 Å². The number of benzene rings is 2. The second-order valence-electron chi connectivity index (χ2n) is 7.79. The third kappa shape index (κ3) is 4.18. The molecule has 4 atom stereocenters. The number of amides is 2. The lowest BCUT2D eigenvalue weighted by molar-refractivity contribution is -0.141. The molecular weight excluding hydrogens is 364 g/mol. The molecule has 2 aliphatic heterocycles. The minimum absolute atomic E-state index is 0.142. The summed E-state index contributed by atoms with van der Waals surface area (Å²) >= 11 is 0. The highest BCUT2D eigenvalue weighted by Gasteiger charge is 2.42. The van der Waals surface area contributed by atoms with E-state index in [0.717, 1.165) is 16.0 Å². The zero-order chi connectivity index (χ0) is 22.2. The van der Waals surface area contributed by atoms with Crippen molar-refractivity contribution in [1.82, 2.24) is 19.6 Å². The average molecular weight is 395 g/mol. The largest absolute Gasteiger partial charge is 0.331 e. The topological polar surface area (TPSA) is 47.1 Å². The molecule has 4 rings (SSSR count). The van der Waals surface area contributed by atoms with Crippen LogP contribution >= 0.6 is 0 Å². The van der Waals surface area contributed by atoms with Crippen LogP contribution in [0.3, 0.4) is 0 Å². The van der Waals surface area contributed by atoms with Gasteiger partial charge in [-0.15, -0.1) is 0 Å². The predicted molar refractivity (Wildman–Crippen MR) is 112 cm³/mol. The maximum absolute atomic E-state index is 13.4. The SMILES string of the molecule is [2H]C1([2H])N(C)C(=O)[C@@H](Cc2ccccc2)N2CN(C)C(=O)[C@H](Cc3ccccc3)N1C2. The number of carbonyl (C=O) groups is 2. The van der Waals surface area contributed by atoms with Crippen LogP contribution in [0.25, 0.3) is 0 Å². The fourth-order valence-corrected chi connectivity index (χ4v) is 4.08. The molecule has 6 nitrogen and oxygen atoms in total. The molecule has 0 aliphatic carbocycles. The van der Waals surface area contributed by atoms with Gasteiger partial charge in [-0.2, -0.15) is 0 Å². The number of nitrogens with zero attached hydrogens (tertiary/aromatic N) is 4. The fraction of sp³-hybridized carbons (Fsp3) is 0.391. The second kappa shape index (κ2) is 8.35. The molecule has 0 spiro atoms. The van der Waals surface area contributed by atoms with Crippen molar-refractivity contribution in [3.63, 3.8) is 0 Å². The molecular formula is C23H28N4O2. The standard InChI is InChI=1S/C23H28N4O2/c1-24-15-26-17-27(20(22(24)28)13-18-9-5-3-6-10-18)16-25(2)23(29)21(26)14-19-11-7-4-8-12-19/h3-12,20-21H,13-17H2,1-2H3/t20-,21+/i15D2/m1/s1. The molecule has 0 aromatic heterocycles. The average Bonchev–Trinajstić information content (AvgIpc) is 2.93. The normalized spacial score (nSPS) is 30.3. The minimum atomic E-state index is -2.10. The van der Waals surface area contributed by atoms with Crippen LogP contribution in [0.5, 0.6) is 0 Å². The molecule has 2 bridgehead atoms. The molecule has 29 heavy (non-hydrogen) atoms. The lowest BCUT2D eigenvalue weighted by Crippen LogP contribution is -2.51. The van der Waals surface area contributed by atoms with Gasteiger partial charge < -0.3 is 9.80 Å². The van der Waals surface area contributed by atoms with Crippen LogP contribution in [0.1, 0.15) is 13.9 Å². The van der Waals surface area contributed by atoms with E-state index in [9.17, 15) is 9.59 Å². The van der Waals surface area contributed by atoms with Gasteiger partial charge in [-0.25, -0.2) is 0 Å². The lowest BCUT2D eigenvalue weighted by atomic mass is 10.0. The first kappa shape index (κ1) is 17.2. The van der Waals surface area contributed by atoms with Crippen molar-refractivity contribution >= 4 is 11.8 Å². The summed E-state index contributed by atoms with van der Waals surface area (Å²) in [6, 6.07) is 18.1. The van der Waals surface area contributed by atoms with Gasteiger partial charge in [0.2, 0.25) is 11.8 Å². The summed E-state index contributed by atoms with van der Waals surface area (Å²) in [7, 11) is 3.22. The molecule has 2 amide bonds. The van der Waals surface area contributed by atoms with Gasteiger partial charge in [-0.3, -0.25) is 19.4 Å². The Bertz CT molecular complexity index is 941. The van der Waals surface area contributed by atoms with E-state index in [0.29, 0.717) is 12.8 Å².